The van der Waals surface area contributed by atoms with Gasteiger partial charge in [0.1, 0.15) is 0 Å². The summed E-state index contributed by atoms with van der Waals surface area (Å²) in [5.41, 5.74) is 2.79. The van der Waals surface area contributed by atoms with Crippen LogP contribution in [-0.2, 0) is 0 Å². The summed E-state index contributed by atoms with van der Waals surface area (Å²) in [6, 6.07) is 16.2. The first-order valence-corrected chi connectivity index (χ1v) is 6.57. The van der Waals surface area contributed by atoms with Crippen LogP contribution in [-0.4, -0.2) is 5.91 Å². The van der Waals surface area contributed by atoms with E-state index in [4.69, 9.17) is 5.26 Å². The van der Waals surface area contributed by atoms with Gasteiger partial charge in [-0.2, -0.15) is 5.26 Å². The van der Waals surface area contributed by atoms with Gasteiger partial charge in [0.15, 0.2) is 0 Å². The molecular weight excluding hydrogens is 248 g/mol. The van der Waals surface area contributed by atoms with E-state index in [2.05, 4.69) is 5.32 Å². The van der Waals surface area contributed by atoms with Gasteiger partial charge < -0.3 is 5.32 Å². The fourth-order valence-corrected chi connectivity index (χ4v) is 1.66. The van der Waals surface area contributed by atoms with Crippen molar-refractivity contribution in [2.24, 2.45) is 0 Å². The van der Waals surface area contributed by atoms with Gasteiger partial charge in [0, 0.05) is 11.3 Å². The van der Waals surface area contributed by atoms with Crippen molar-refractivity contribution in [1.82, 2.24) is 0 Å². The van der Waals surface area contributed by atoms with Crippen LogP contribution in [0.15, 0.2) is 48.5 Å². The van der Waals surface area contributed by atoms with E-state index in [0.29, 0.717) is 16.8 Å². The molecule has 1 amide bonds. The quantitative estimate of drug-likeness (QED) is 0.887. The molecule has 1 N–H and O–H groups in total. The van der Waals surface area contributed by atoms with E-state index in [-0.39, 0.29) is 5.91 Å². The number of nitrogens with zero attached hydrogens (tertiary/aromatic N) is 1. The van der Waals surface area contributed by atoms with Gasteiger partial charge in [0.2, 0.25) is 0 Å². The number of benzene rings is 2. The summed E-state index contributed by atoms with van der Waals surface area (Å²) in [6.07, 6.45) is 0. The third kappa shape index (κ3) is 4.25. The van der Waals surface area contributed by atoms with Crippen molar-refractivity contribution in [3.63, 3.8) is 0 Å². The number of carbonyl (C=O) groups excluding carboxylic acids is 1. The summed E-state index contributed by atoms with van der Waals surface area (Å²) in [5, 5.41) is 11.6. The standard InChI is InChI=1S/C15H12N2O.C2H6/c1-11-4-2-6-13(8-11)15(18)17-14-7-3-5-12(9-14)10-16;1-2/h2-9H,1H3,(H,17,18);1-2H3. The second-order valence-corrected chi connectivity index (χ2v) is 4.02. The Kier molecular flexibility index (Phi) is 5.99. The molecule has 0 saturated heterocycles. The van der Waals surface area contributed by atoms with Gasteiger partial charge in [-0.05, 0) is 37.3 Å². The number of amides is 1. The van der Waals surface area contributed by atoms with Crippen molar-refractivity contribution in [2.75, 3.05) is 5.32 Å². The zero-order valence-electron chi connectivity index (χ0n) is 12.0. The van der Waals surface area contributed by atoms with Crippen LogP contribution in [0.2, 0.25) is 0 Å². The lowest BCUT2D eigenvalue weighted by Crippen LogP contribution is -2.11. The largest absolute Gasteiger partial charge is 0.322 e. The molecule has 3 heteroatoms. The maximum absolute atomic E-state index is 12.0. The van der Waals surface area contributed by atoms with Crippen LogP contribution >= 0.6 is 0 Å². The molecular formula is C17H18N2O. The van der Waals surface area contributed by atoms with Crippen molar-refractivity contribution in [3.8, 4) is 6.07 Å². The Labute approximate surface area is 119 Å². The predicted molar refractivity (Wildman–Crippen MR) is 81.6 cm³/mol. The van der Waals surface area contributed by atoms with E-state index in [9.17, 15) is 4.79 Å². The Bertz CT molecular complexity index is 627. The van der Waals surface area contributed by atoms with Gasteiger partial charge in [0.05, 0.1) is 11.6 Å². The molecule has 20 heavy (non-hydrogen) atoms. The summed E-state index contributed by atoms with van der Waals surface area (Å²) in [6.45, 7) is 5.94. The van der Waals surface area contributed by atoms with Crippen molar-refractivity contribution in [3.05, 3.63) is 65.2 Å². The highest BCUT2D eigenvalue weighted by Gasteiger charge is 2.06. The highest BCUT2D eigenvalue weighted by Crippen LogP contribution is 2.12. The molecule has 0 bridgehead atoms. The minimum absolute atomic E-state index is 0.172. The molecule has 2 aromatic carbocycles. The maximum Gasteiger partial charge on any atom is 0.255 e. The van der Waals surface area contributed by atoms with E-state index < -0.39 is 0 Å². The average Bonchev–Trinajstić information content (AvgIpc) is 2.49. The molecule has 0 spiro atoms. The Balaban J connectivity index is 0.000000956. The van der Waals surface area contributed by atoms with Crippen molar-refractivity contribution in [2.45, 2.75) is 20.8 Å². The fourth-order valence-electron chi connectivity index (χ4n) is 1.66. The number of hydrogen-bond donors (Lipinski definition) is 1. The fraction of sp³-hybridized carbons (Fsp3) is 0.176. The lowest BCUT2D eigenvalue weighted by molar-refractivity contribution is 0.102. The van der Waals surface area contributed by atoms with E-state index in [0.717, 1.165) is 5.56 Å². The number of aryl methyl sites for hydroxylation is 1. The molecule has 0 aliphatic heterocycles. The number of rotatable bonds is 2. The minimum Gasteiger partial charge on any atom is -0.322 e. The number of anilines is 1. The van der Waals surface area contributed by atoms with E-state index in [1.807, 2.05) is 45.0 Å². The molecule has 0 atom stereocenters. The average molecular weight is 266 g/mol. The molecule has 0 aromatic heterocycles. The first-order valence-electron chi connectivity index (χ1n) is 6.57. The van der Waals surface area contributed by atoms with Crippen molar-refractivity contribution in [1.29, 1.82) is 5.26 Å². The highest BCUT2D eigenvalue weighted by molar-refractivity contribution is 6.04. The van der Waals surface area contributed by atoms with Gasteiger partial charge in [-0.15, -0.1) is 0 Å². The predicted octanol–water partition coefficient (Wildman–Crippen LogP) is 4.15. The van der Waals surface area contributed by atoms with E-state index in [1.54, 1.807) is 30.3 Å². The maximum atomic E-state index is 12.0. The van der Waals surface area contributed by atoms with Crippen LogP contribution in [0, 0.1) is 18.3 Å². The summed E-state index contributed by atoms with van der Waals surface area (Å²) >= 11 is 0. The second kappa shape index (κ2) is 7.75. The zero-order chi connectivity index (χ0) is 15.0. The Morgan fingerprint density at radius 3 is 2.45 bits per heavy atom. The Hall–Kier alpha value is -2.60. The van der Waals surface area contributed by atoms with E-state index in [1.165, 1.54) is 0 Å². The van der Waals surface area contributed by atoms with Gasteiger partial charge in [0.25, 0.3) is 5.91 Å². The summed E-state index contributed by atoms with van der Waals surface area (Å²) in [7, 11) is 0. The SMILES string of the molecule is CC.Cc1cccc(C(=O)Nc2cccc(C#N)c2)c1. The molecule has 0 saturated carbocycles. The van der Waals surface area contributed by atoms with Crippen molar-refractivity contribution >= 4 is 11.6 Å². The van der Waals surface area contributed by atoms with E-state index >= 15 is 0 Å². The molecule has 0 aliphatic carbocycles. The van der Waals surface area contributed by atoms with Crippen LogP contribution in [0.4, 0.5) is 5.69 Å². The second-order valence-electron chi connectivity index (χ2n) is 4.02. The lowest BCUT2D eigenvalue weighted by atomic mass is 10.1. The van der Waals surface area contributed by atoms with Crippen LogP contribution in [0.3, 0.4) is 0 Å². The molecule has 2 aromatic rings. The first-order chi connectivity index (χ1) is 9.69. The third-order valence-corrected chi connectivity index (χ3v) is 2.53. The number of nitriles is 1. The molecule has 0 heterocycles. The molecule has 0 radical (unpaired) electrons. The Morgan fingerprint density at radius 1 is 1.10 bits per heavy atom. The number of nitrogens with one attached hydrogen (secondary N) is 1. The molecule has 0 aliphatic rings. The summed E-state index contributed by atoms with van der Waals surface area (Å²) < 4.78 is 0. The molecule has 3 nitrogen and oxygen atoms in total. The van der Waals surface area contributed by atoms with Gasteiger partial charge in [-0.1, -0.05) is 37.6 Å². The minimum atomic E-state index is -0.172. The molecule has 2 rings (SSSR count). The lowest BCUT2D eigenvalue weighted by Gasteiger charge is -2.06. The monoisotopic (exact) mass is 266 g/mol. The van der Waals surface area contributed by atoms with Gasteiger partial charge in [-0.25, -0.2) is 0 Å². The molecule has 102 valence electrons. The highest BCUT2D eigenvalue weighted by atomic mass is 16.1. The normalized spacial score (nSPS) is 8.90. The van der Waals surface area contributed by atoms with Crippen molar-refractivity contribution < 1.29 is 4.79 Å². The van der Waals surface area contributed by atoms with Gasteiger partial charge in [-0.3, -0.25) is 4.79 Å². The number of carbonyl (C=O) groups is 1. The third-order valence-electron chi connectivity index (χ3n) is 2.53. The van der Waals surface area contributed by atoms with Crippen LogP contribution in [0.25, 0.3) is 0 Å². The summed E-state index contributed by atoms with van der Waals surface area (Å²) in [5.74, 6) is -0.172. The first kappa shape index (κ1) is 15.5. The number of hydrogen-bond acceptors (Lipinski definition) is 2. The van der Waals surface area contributed by atoms with Crippen LogP contribution < -0.4 is 5.32 Å². The van der Waals surface area contributed by atoms with Crippen LogP contribution in [0.1, 0.15) is 35.3 Å². The topological polar surface area (TPSA) is 52.9 Å². The Morgan fingerprint density at radius 2 is 1.80 bits per heavy atom. The van der Waals surface area contributed by atoms with Crippen LogP contribution in [0.5, 0.6) is 0 Å². The smallest absolute Gasteiger partial charge is 0.255 e. The van der Waals surface area contributed by atoms with Gasteiger partial charge >= 0.3 is 0 Å². The summed E-state index contributed by atoms with van der Waals surface area (Å²) in [4.78, 5) is 12.0. The zero-order valence-corrected chi connectivity index (χ0v) is 12.0. The molecule has 0 unspecified atom stereocenters. The molecule has 0 fully saturated rings.